The van der Waals surface area contributed by atoms with Crippen LogP contribution in [0.3, 0.4) is 0 Å². The highest BCUT2D eigenvalue weighted by Crippen LogP contribution is 2.40. The number of aromatic nitrogens is 2. The van der Waals surface area contributed by atoms with Crippen LogP contribution in [0.1, 0.15) is 23.3 Å². The van der Waals surface area contributed by atoms with Gasteiger partial charge in [-0.25, -0.2) is 9.97 Å². The van der Waals surface area contributed by atoms with Crippen LogP contribution in [0.15, 0.2) is 6.33 Å². The van der Waals surface area contributed by atoms with E-state index in [0.29, 0.717) is 17.7 Å². The van der Waals surface area contributed by atoms with Crippen molar-refractivity contribution in [3.8, 4) is 0 Å². The molecule has 0 aliphatic heterocycles. The Morgan fingerprint density at radius 3 is 3.22 bits per heavy atom. The Bertz CT molecular complexity index is 572. The molecule has 0 radical (unpaired) electrons. The molecule has 2 aromatic heterocycles. The fraction of sp³-hybridized carbons (Fsp3) is 0.500. The third-order valence-electron chi connectivity index (χ3n) is 3.51. The molecule has 0 bridgehead atoms. The molecule has 0 amide bonds. The molecule has 0 N–H and O–H groups in total. The molecule has 0 saturated heterocycles. The van der Waals surface area contributed by atoms with Gasteiger partial charge in [-0.3, -0.25) is 0 Å². The quantitative estimate of drug-likeness (QED) is 0.533. The summed E-state index contributed by atoms with van der Waals surface area (Å²) < 4.78 is 4.87. The number of hydrogen-bond acceptors (Lipinski definition) is 5. The zero-order valence-electron chi connectivity index (χ0n) is 9.73. The Balaban J connectivity index is 1.96. The molecular formula is C12H13ClN2OS2. The van der Waals surface area contributed by atoms with Gasteiger partial charge in [0.05, 0.1) is 12.0 Å². The summed E-state index contributed by atoms with van der Waals surface area (Å²) >= 11 is 11.8. The number of aryl methyl sites for hydroxylation is 1. The Kier molecular flexibility index (Phi) is 3.75. The summed E-state index contributed by atoms with van der Waals surface area (Å²) in [4.78, 5) is 10.9. The molecule has 3 nitrogen and oxygen atoms in total. The summed E-state index contributed by atoms with van der Waals surface area (Å²) in [6.45, 7) is 0.704. The summed E-state index contributed by atoms with van der Waals surface area (Å²) in [5, 5.41) is 1.65. The van der Waals surface area contributed by atoms with Crippen molar-refractivity contribution in [1.29, 1.82) is 0 Å². The molecular weight excluding hydrogens is 288 g/mol. The lowest BCUT2D eigenvalue weighted by molar-refractivity contribution is 0.308. The first-order valence-corrected chi connectivity index (χ1v) is 7.52. The van der Waals surface area contributed by atoms with Gasteiger partial charge in [0.1, 0.15) is 16.3 Å². The molecule has 18 heavy (non-hydrogen) atoms. The van der Waals surface area contributed by atoms with Crippen LogP contribution in [-0.4, -0.2) is 16.6 Å². The summed E-state index contributed by atoms with van der Waals surface area (Å²) in [5.74, 6) is 0.652. The normalized spacial score (nSPS) is 19.1. The van der Waals surface area contributed by atoms with Gasteiger partial charge in [0, 0.05) is 4.88 Å². The highest BCUT2D eigenvalue weighted by Gasteiger charge is 2.24. The molecule has 0 unspecified atom stereocenters. The third kappa shape index (κ3) is 2.25. The number of rotatable bonds is 3. The average Bonchev–Trinajstić information content (AvgIpc) is 2.75. The van der Waals surface area contributed by atoms with Crippen LogP contribution < -0.4 is 0 Å². The largest absolute Gasteiger partial charge is 0.318 e. The highest BCUT2D eigenvalue weighted by molar-refractivity contribution is 7.75. The minimum Gasteiger partial charge on any atom is -0.318 e. The molecule has 0 aromatic carbocycles. The van der Waals surface area contributed by atoms with Crippen molar-refractivity contribution < 1.29 is 4.18 Å². The van der Waals surface area contributed by atoms with E-state index in [1.165, 1.54) is 16.9 Å². The second kappa shape index (κ2) is 5.33. The van der Waals surface area contributed by atoms with Gasteiger partial charge in [-0.15, -0.1) is 11.3 Å². The van der Waals surface area contributed by atoms with Crippen LogP contribution in [0.2, 0.25) is 5.15 Å². The lowest BCUT2D eigenvalue weighted by atomic mass is 9.85. The molecule has 3 rings (SSSR count). The first kappa shape index (κ1) is 12.7. The molecule has 1 aliphatic rings. The minimum absolute atomic E-state index is 0.587. The molecule has 0 spiro atoms. The lowest BCUT2D eigenvalue weighted by Crippen LogP contribution is -2.14. The van der Waals surface area contributed by atoms with Crippen LogP contribution in [0.25, 0.3) is 10.2 Å². The van der Waals surface area contributed by atoms with Crippen molar-refractivity contribution in [2.45, 2.75) is 25.7 Å². The van der Waals surface area contributed by atoms with Crippen LogP contribution in [0.5, 0.6) is 0 Å². The molecule has 0 fully saturated rings. The second-order valence-electron chi connectivity index (χ2n) is 4.58. The van der Waals surface area contributed by atoms with Gasteiger partial charge < -0.3 is 4.18 Å². The fourth-order valence-electron chi connectivity index (χ4n) is 2.61. The van der Waals surface area contributed by atoms with Crippen LogP contribution in [-0.2, 0) is 17.0 Å². The number of thiophene rings is 1. The van der Waals surface area contributed by atoms with Gasteiger partial charge in [0.25, 0.3) is 0 Å². The van der Waals surface area contributed by atoms with Crippen molar-refractivity contribution in [3.63, 3.8) is 0 Å². The number of halogens is 1. The van der Waals surface area contributed by atoms with Crippen molar-refractivity contribution in [3.05, 3.63) is 21.9 Å². The van der Waals surface area contributed by atoms with Crippen molar-refractivity contribution in [2.24, 2.45) is 5.92 Å². The zero-order valence-corrected chi connectivity index (χ0v) is 12.2. The van der Waals surface area contributed by atoms with Crippen LogP contribution in [0, 0.1) is 5.92 Å². The monoisotopic (exact) mass is 300 g/mol. The van der Waals surface area contributed by atoms with Gasteiger partial charge in [-0.1, -0.05) is 11.6 Å². The average molecular weight is 301 g/mol. The summed E-state index contributed by atoms with van der Waals surface area (Å²) in [6.07, 6.45) is 5.97. The van der Waals surface area contributed by atoms with Crippen LogP contribution in [0.4, 0.5) is 0 Å². The smallest absolute Gasteiger partial charge is 0.141 e. The standard InChI is InChI=1S/C12H13ClN2OS2/c13-11-10-8-5-7(3-4-16-17)1-2-9(8)18-12(10)15-6-14-11/h6-7,17H,1-5H2/t7-/m0/s1. The van der Waals surface area contributed by atoms with Crippen molar-refractivity contribution in [1.82, 2.24) is 9.97 Å². The summed E-state index contributed by atoms with van der Waals surface area (Å²) in [5.41, 5.74) is 1.36. The molecule has 2 aromatic rings. The topological polar surface area (TPSA) is 35.0 Å². The molecule has 0 saturated carbocycles. The van der Waals surface area contributed by atoms with Gasteiger partial charge in [-0.05, 0) is 50.1 Å². The predicted octanol–water partition coefficient (Wildman–Crippen LogP) is 3.70. The van der Waals surface area contributed by atoms with E-state index in [9.17, 15) is 0 Å². The molecule has 6 heteroatoms. The van der Waals surface area contributed by atoms with E-state index in [1.807, 2.05) is 0 Å². The maximum Gasteiger partial charge on any atom is 0.141 e. The van der Waals surface area contributed by atoms with E-state index in [0.717, 1.165) is 29.5 Å². The Labute approximate surface area is 120 Å². The highest BCUT2D eigenvalue weighted by atomic mass is 35.5. The maximum atomic E-state index is 6.21. The van der Waals surface area contributed by atoms with E-state index < -0.39 is 0 Å². The summed E-state index contributed by atoms with van der Waals surface area (Å²) in [7, 11) is 0. The molecule has 1 aliphatic carbocycles. The predicted molar refractivity (Wildman–Crippen MR) is 77.5 cm³/mol. The van der Waals surface area contributed by atoms with Gasteiger partial charge >= 0.3 is 0 Å². The van der Waals surface area contributed by atoms with E-state index >= 15 is 0 Å². The first-order valence-electron chi connectivity index (χ1n) is 5.96. The Hall–Kier alpha value is -0.360. The first-order chi connectivity index (χ1) is 8.79. The second-order valence-corrected chi connectivity index (χ2v) is 6.28. The number of fused-ring (bicyclic) bond motifs is 3. The fourth-order valence-corrected chi connectivity index (χ4v) is 4.20. The van der Waals surface area contributed by atoms with E-state index in [-0.39, 0.29) is 0 Å². The van der Waals surface area contributed by atoms with Crippen molar-refractivity contribution in [2.75, 3.05) is 6.61 Å². The Morgan fingerprint density at radius 2 is 2.39 bits per heavy atom. The van der Waals surface area contributed by atoms with Crippen molar-refractivity contribution >= 4 is 46.1 Å². The number of hydrogen-bond donors (Lipinski definition) is 1. The maximum absolute atomic E-state index is 6.21. The van der Waals surface area contributed by atoms with Gasteiger partial charge in [0.2, 0.25) is 0 Å². The number of nitrogens with zero attached hydrogens (tertiary/aromatic N) is 2. The van der Waals surface area contributed by atoms with E-state index in [1.54, 1.807) is 17.7 Å². The zero-order chi connectivity index (χ0) is 12.5. The number of thiol groups is 1. The lowest BCUT2D eigenvalue weighted by Gasteiger charge is -2.21. The minimum atomic E-state index is 0.587. The van der Waals surface area contributed by atoms with Crippen LogP contribution >= 0.6 is 35.8 Å². The Morgan fingerprint density at radius 1 is 1.50 bits per heavy atom. The molecule has 2 heterocycles. The van der Waals surface area contributed by atoms with E-state index in [4.69, 9.17) is 15.8 Å². The van der Waals surface area contributed by atoms with Gasteiger partial charge in [-0.2, -0.15) is 0 Å². The van der Waals surface area contributed by atoms with Gasteiger partial charge in [0.15, 0.2) is 0 Å². The molecule has 1 atom stereocenters. The summed E-state index contributed by atoms with van der Waals surface area (Å²) in [6, 6.07) is 0. The van der Waals surface area contributed by atoms with E-state index in [2.05, 4.69) is 22.9 Å². The SMILES string of the molecule is SOCC[C@@H]1CCc2sc3ncnc(Cl)c3c2C1. The third-order valence-corrected chi connectivity index (χ3v) is 5.18. The molecule has 96 valence electrons.